The van der Waals surface area contributed by atoms with E-state index in [4.69, 9.17) is 0 Å². The Balaban J connectivity index is 1.70. The Morgan fingerprint density at radius 2 is 2.46 bits per heavy atom. The molecule has 1 unspecified atom stereocenters. The molecule has 2 aromatic rings. The zero-order valence-electron chi connectivity index (χ0n) is 13.3. The fourth-order valence-electron chi connectivity index (χ4n) is 2.71. The average molecular weight is 364 g/mol. The number of anilines is 1. The predicted octanol–water partition coefficient (Wildman–Crippen LogP) is 1.36. The van der Waals surface area contributed by atoms with Gasteiger partial charge >= 0.3 is 0 Å². The minimum Gasteiger partial charge on any atom is -0.538 e. The number of fused-ring (bicyclic) bond motifs is 1. The number of carbonyl (C=O) groups is 1. The van der Waals surface area contributed by atoms with Gasteiger partial charge in [0, 0.05) is 4.88 Å². The van der Waals surface area contributed by atoms with Crippen molar-refractivity contribution in [3.05, 3.63) is 16.0 Å². The molecule has 126 valence electrons. The number of nitriles is 1. The van der Waals surface area contributed by atoms with Gasteiger partial charge in [-0.3, -0.25) is 4.79 Å². The molecular formula is C15H16N4O3S2. The van der Waals surface area contributed by atoms with Gasteiger partial charge in [-0.25, -0.2) is 0 Å². The molecule has 0 saturated heterocycles. The van der Waals surface area contributed by atoms with Crippen molar-refractivity contribution in [1.82, 2.24) is 5.27 Å². The molecule has 9 heteroatoms. The number of aryl methyl sites for hydroxylation is 1. The maximum absolute atomic E-state index is 12.2. The summed E-state index contributed by atoms with van der Waals surface area (Å²) in [6.07, 6.45) is 2.91. The van der Waals surface area contributed by atoms with Crippen LogP contribution in [0.5, 0.6) is 5.95 Å². The highest BCUT2D eigenvalue weighted by Crippen LogP contribution is 2.39. The van der Waals surface area contributed by atoms with Crippen molar-refractivity contribution in [3.63, 3.8) is 0 Å². The van der Waals surface area contributed by atoms with Gasteiger partial charge < -0.3 is 14.9 Å². The van der Waals surface area contributed by atoms with Crippen molar-refractivity contribution in [2.75, 3.05) is 11.1 Å². The summed E-state index contributed by atoms with van der Waals surface area (Å²) in [5, 5.41) is 28.0. The molecule has 24 heavy (non-hydrogen) atoms. The molecular weight excluding hydrogens is 348 g/mol. The largest absolute Gasteiger partial charge is 0.538 e. The molecule has 7 nitrogen and oxygen atoms in total. The zero-order chi connectivity index (χ0) is 17.3. The van der Waals surface area contributed by atoms with E-state index in [0.717, 1.165) is 36.6 Å². The van der Waals surface area contributed by atoms with Crippen LogP contribution < -0.4 is 15.1 Å². The Morgan fingerprint density at radius 1 is 1.67 bits per heavy atom. The fraction of sp³-hybridized carbons (Fsp3) is 0.467. The van der Waals surface area contributed by atoms with Crippen molar-refractivity contribution in [1.29, 1.82) is 5.26 Å². The van der Waals surface area contributed by atoms with Gasteiger partial charge in [-0.1, -0.05) is 11.6 Å². The van der Waals surface area contributed by atoms with E-state index in [1.807, 2.05) is 0 Å². The summed E-state index contributed by atoms with van der Waals surface area (Å²) in [6.45, 7) is 2.20. The third-order valence-corrected chi connectivity index (χ3v) is 6.21. The Labute approximate surface area is 147 Å². The lowest BCUT2D eigenvalue weighted by atomic mass is 9.89. The lowest BCUT2D eigenvalue weighted by Gasteiger charge is -2.17. The fourth-order valence-corrected chi connectivity index (χ4v) is 4.81. The number of nitrogens with one attached hydrogen (secondary N) is 1. The molecule has 0 aliphatic heterocycles. The number of rotatable bonds is 4. The number of hydrogen-bond donors (Lipinski definition) is 1. The smallest absolute Gasteiger partial charge is 0.291 e. The van der Waals surface area contributed by atoms with Crippen molar-refractivity contribution in [2.45, 2.75) is 31.2 Å². The molecule has 3 rings (SSSR count). The monoisotopic (exact) mass is 364 g/mol. The average Bonchev–Trinajstić information content (AvgIpc) is 3.04. The first-order valence-corrected chi connectivity index (χ1v) is 9.30. The van der Waals surface area contributed by atoms with E-state index >= 15 is 0 Å². The summed E-state index contributed by atoms with van der Waals surface area (Å²) < 4.78 is 5.81. The summed E-state index contributed by atoms with van der Waals surface area (Å²) in [7, 11) is 1.58. The molecule has 1 N–H and O–H groups in total. The van der Waals surface area contributed by atoms with Gasteiger partial charge in [0.15, 0.2) is 13.0 Å². The van der Waals surface area contributed by atoms with Crippen LogP contribution in [0.3, 0.4) is 0 Å². The second-order valence-electron chi connectivity index (χ2n) is 5.79. The Kier molecular flexibility index (Phi) is 4.78. The SMILES string of the molecule is CC1CCc2c(sc(NC(=O)CSc3c([O-])on[n+]3C)c2C#N)C1. The number of nitrogens with zero attached hydrogens (tertiary/aromatic N) is 3. The maximum atomic E-state index is 12.2. The molecule has 0 spiro atoms. The molecule has 2 aromatic heterocycles. The van der Waals surface area contributed by atoms with Crippen LogP contribution in [0, 0.1) is 17.2 Å². The second-order valence-corrected chi connectivity index (χ2v) is 7.86. The molecule has 1 aliphatic rings. The minimum atomic E-state index is -0.561. The number of thiophene rings is 1. The lowest BCUT2D eigenvalue weighted by Crippen LogP contribution is -2.32. The van der Waals surface area contributed by atoms with Crippen LogP contribution in [-0.4, -0.2) is 16.9 Å². The van der Waals surface area contributed by atoms with Crippen LogP contribution in [0.25, 0.3) is 0 Å². The van der Waals surface area contributed by atoms with E-state index in [0.29, 0.717) is 16.5 Å². The Bertz CT molecular complexity index is 802. The second kappa shape index (κ2) is 6.83. The van der Waals surface area contributed by atoms with E-state index in [1.165, 1.54) is 20.9 Å². The standard InChI is InChI=1S/C15H16N4O3S2/c1-8-3-4-9-10(6-16)13(24-11(9)5-8)17-12(20)7-23-14-15(21)22-18-19(14)2/h8H,3-5,7H2,1-2H3,(H-,17,18,20,21). The van der Waals surface area contributed by atoms with Gasteiger partial charge in [0.25, 0.3) is 5.03 Å². The molecule has 1 atom stereocenters. The summed E-state index contributed by atoms with van der Waals surface area (Å²) in [4.78, 5) is 13.4. The summed E-state index contributed by atoms with van der Waals surface area (Å²) in [5.41, 5.74) is 1.66. The first-order chi connectivity index (χ1) is 11.5. The molecule has 1 amide bonds. The minimum absolute atomic E-state index is 0.0497. The van der Waals surface area contributed by atoms with Crippen LogP contribution in [-0.2, 0) is 24.7 Å². The van der Waals surface area contributed by atoms with Crippen molar-refractivity contribution in [2.24, 2.45) is 13.0 Å². The van der Waals surface area contributed by atoms with Gasteiger partial charge in [0.2, 0.25) is 5.91 Å². The molecule has 0 saturated carbocycles. The number of thioether (sulfide) groups is 1. The van der Waals surface area contributed by atoms with E-state index in [9.17, 15) is 15.2 Å². The van der Waals surface area contributed by atoms with Crippen LogP contribution in [0.15, 0.2) is 9.55 Å². The first-order valence-electron chi connectivity index (χ1n) is 7.49. The maximum Gasteiger partial charge on any atom is 0.291 e. The van der Waals surface area contributed by atoms with Crippen molar-refractivity contribution >= 4 is 34.0 Å². The summed E-state index contributed by atoms with van der Waals surface area (Å²) in [6, 6.07) is 2.22. The lowest BCUT2D eigenvalue weighted by molar-refractivity contribution is -0.772. The molecule has 0 aromatic carbocycles. The van der Waals surface area contributed by atoms with Gasteiger partial charge in [-0.2, -0.15) is 5.26 Å². The van der Waals surface area contributed by atoms with Crippen LogP contribution in [0.4, 0.5) is 5.00 Å². The predicted molar refractivity (Wildman–Crippen MR) is 86.7 cm³/mol. The Hall–Kier alpha value is -2.05. The molecule has 1 aliphatic carbocycles. The number of amides is 1. The van der Waals surface area contributed by atoms with E-state index in [1.54, 1.807) is 7.05 Å². The summed E-state index contributed by atoms with van der Waals surface area (Å²) >= 11 is 2.55. The normalized spacial score (nSPS) is 16.5. The van der Waals surface area contributed by atoms with Crippen molar-refractivity contribution < 1.29 is 19.1 Å². The topological polar surface area (TPSA) is 106 Å². The number of hydrogen-bond acceptors (Lipinski definition) is 7. The highest BCUT2D eigenvalue weighted by molar-refractivity contribution is 7.99. The van der Waals surface area contributed by atoms with Gasteiger partial charge in [0.05, 0.1) is 16.6 Å². The van der Waals surface area contributed by atoms with Gasteiger partial charge in [0.1, 0.15) is 11.1 Å². The van der Waals surface area contributed by atoms with E-state index < -0.39 is 5.95 Å². The molecule has 0 radical (unpaired) electrons. The highest BCUT2D eigenvalue weighted by Gasteiger charge is 2.25. The van der Waals surface area contributed by atoms with Crippen molar-refractivity contribution in [3.8, 4) is 12.0 Å². The number of aromatic nitrogens is 2. The molecule has 0 bridgehead atoms. The quantitative estimate of drug-likeness (QED) is 0.649. The van der Waals surface area contributed by atoms with Gasteiger partial charge in [-0.15, -0.1) is 11.3 Å². The third kappa shape index (κ3) is 3.25. The van der Waals surface area contributed by atoms with Crippen LogP contribution >= 0.6 is 23.1 Å². The van der Waals surface area contributed by atoms with Crippen LogP contribution in [0.2, 0.25) is 0 Å². The highest BCUT2D eigenvalue weighted by atomic mass is 32.2. The Morgan fingerprint density at radius 3 is 3.12 bits per heavy atom. The molecule has 0 fully saturated rings. The number of carbonyl (C=O) groups excluding carboxylic acids is 1. The summed E-state index contributed by atoms with van der Waals surface area (Å²) in [5.74, 6) is -0.170. The van der Waals surface area contributed by atoms with Gasteiger partial charge in [-0.05, 0) is 42.5 Å². The van der Waals surface area contributed by atoms with E-state index in [2.05, 4.69) is 28.1 Å². The van der Waals surface area contributed by atoms with E-state index in [-0.39, 0.29) is 16.7 Å². The zero-order valence-corrected chi connectivity index (χ0v) is 14.9. The first kappa shape index (κ1) is 16.8. The van der Waals surface area contributed by atoms with Crippen LogP contribution in [0.1, 0.15) is 29.3 Å². The molecule has 2 heterocycles. The third-order valence-electron chi connectivity index (χ3n) is 3.93.